The Bertz CT molecular complexity index is 395. The minimum atomic E-state index is -0.232. The van der Waals surface area contributed by atoms with Crippen LogP contribution in [0.1, 0.15) is 31.0 Å². The lowest BCUT2D eigenvalue weighted by Crippen LogP contribution is -2.59. The molecule has 0 radical (unpaired) electrons. The van der Waals surface area contributed by atoms with E-state index in [1.54, 1.807) is 0 Å². The predicted molar refractivity (Wildman–Crippen MR) is 64.1 cm³/mol. The Balaban J connectivity index is 2.25. The van der Waals surface area contributed by atoms with Gasteiger partial charge in [-0.25, -0.2) is 0 Å². The zero-order chi connectivity index (χ0) is 11.8. The molecule has 0 aliphatic carbocycles. The van der Waals surface area contributed by atoms with E-state index in [9.17, 15) is 4.79 Å². The number of aryl methyl sites for hydroxylation is 1. The van der Waals surface area contributed by atoms with Crippen LogP contribution in [-0.2, 0) is 4.79 Å². The van der Waals surface area contributed by atoms with Crippen molar-refractivity contribution in [3.63, 3.8) is 0 Å². The first-order valence-electron chi connectivity index (χ1n) is 5.60. The fourth-order valence-electron chi connectivity index (χ4n) is 1.91. The Morgan fingerprint density at radius 2 is 1.88 bits per heavy atom. The molecule has 1 atom stereocenters. The van der Waals surface area contributed by atoms with Gasteiger partial charge in [0.05, 0.1) is 0 Å². The average Bonchev–Trinajstić information content (AvgIpc) is 2.23. The summed E-state index contributed by atoms with van der Waals surface area (Å²) >= 11 is 0. The molecule has 16 heavy (non-hydrogen) atoms. The van der Waals surface area contributed by atoms with Gasteiger partial charge >= 0.3 is 0 Å². The molecule has 0 saturated carbocycles. The number of hydrogen-bond donors (Lipinski definition) is 2. The second-order valence-corrected chi connectivity index (χ2v) is 5.09. The van der Waals surface area contributed by atoms with Gasteiger partial charge in [-0.2, -0.15) is 0 Å². The van der Waals surface area contributed by atoms with Crippen LogP contribution in [0.5, 0.6) is 0 Å². The second-order valence-electron chi connectivity index (χ2n) is 5.09. The average molecular weight is 218 g/mol. The van der Waals surface area contributed by atoms with Gasteiger partial charge in [0.15, 0.2) is 0 Å². The molecule has 1 unspecified atom stereocenters. The molecule has 1 heterocycles. The standard InChI is InChI=1S/C13H18N2O/c1-9-4-6-10(7-5-9)11-12(16)14-8-13(2,3)15-11/h4-7,11,15H,8H2,1-3H3,(H,14,16). The van der Waals surface area contributed by atoms with Crippen molar-refractivity contribution in [2.75, 3.05) is 6.54 Å². The van der Waals surface area contributed by atoms with Crippen molar-refractivity contribution in [2.45, 2.75) is 32.4 Å². The number of carbonyl (C=O) groups is 1. The Kier molecular flexibility index (Phi) is 2.72. The van der Waals surface area contributed by atoms with Gasteiger partial charge in [-0.05, 0) is 26.3 Å². The first-order valence-corrected chi connectivity index (χ1v) is 5.60. The van der Waals surface area contributed by atoms with E-state index >= 15 is 0 Å². The highest BCUT2D eigenvalue weighted by molar-refractivity contribution is 5.84. The van der Waals surface area contributed by atoms with E-state index in [1.165, 1.54) is 5.56 Å². The summed E-state index contributed by atoms with van der Waals surface area (Å²) in [5, 5.41) is 6.30. The Labute approximate surface area is 96.2 Å². The molecule has 1 aromatic rings. The molecular weight excluding hydrogens is 200 g/mol. The molecule has 2 N–H and O–H groups in total. The van der Waals surface area contributed by atoms with Crippen LogP contribution in [0.3, 0.4) is 0 Å². The van der Waals surface area contributed by atoms with Gasteiger partial charge in [-0.15, -0.1) is 0 Å². The van der Waals surface area contributed by atoms with Crippen LogP contribution in [-0.4, -0.2) is 18.0 Å². The zero-order valence-electron chi connectivity index (χ0n) is 10.0. The molecule has 0 aromatic heterocycles. The van der Waals surface area contributed by atoms with Gasteiger partial charge < -0.3 is 5.32 Å². The van der Waals surface area contributed by atoms with Gasteiger partial charge in [0, 0.05) is 12.1 Å². The lowest BCUT2D eigenvalue weighted by molar-refractivity contribution is -0.126. The van der Waals surface area contributed by atoms with Crippen molar-refractivity contribution in [3.05, 3.63) is 35.4 Å². The molecule has 0 spiro atoms. The summed E-state index contributed by atoms with van der Waals surface area (Å²) in [5.41, 5.74) is 2.18. The van der Waals surface area contributed by atoms with Crippen molar-refractivity contribution >= 4 is 5.91 Å². The summed E-state index contributed by atoms with van der Waals surface area (Å²) < 4.78 is 0. The van der Waals surface area contributed by atoms with Crippen LogP contribution in [0.15, 0.2) is 24.3 Å². The molecule has 1 aliphatic rings. The van der Waals surface area contributed by atoms with Crippen molar-refractivity contribution < 1.29 is 4.79 Å². The Hall–Kier alpha value is -1.35. The van der Waals surface area contributed by atoms with Crippen LogP contribution in [0.2, 0.25) is 0 Å². The minimum absolute atomic E-state index is 0.0521. The molecule has 1 aromatic carbocycles. The largest absolute Gasteiger partial charge is 0.353 e. The van der Waals surface area contributed by atoms with Crippen molar-refractivity contribution in [1.29, 1.82) is 0 Å². The van der Waals surface area contributed by atoms with E-state index in [4.69, 9.17) is 0 Å². The number of nitrogens with one attached hydrogen (secondary N) is 2. The summed E-state index contributed by atoms with van der Waals surface area (Å²) in [4.78, 5) is 11.8. The number of piperazine rings is 1. The van der Waals surface area contributed by atoms with Crippen LogP contribution in [0.25, 0.3) is 0 Å². The smallest absolute Gasteiger partial charge is 0.241 e. The van der Waals surface area contributed by atoms with Crippen molar-refractivity contribution in [2.24, 2.45) is 0 Å². The van der Waals surface area contributed by atoms with Crippen LogP contribution < -0.4 is 10.6 Å². The summed E-state index contributed by atoms with van der Waals surface area (Å²) in [6, 6.07) is 7.85. The number of carbonyl (C=O) groups excluding carboxylic acids is 1. The van der Waals surface area contributed by atoms with Crippen molar-refractivity contribution in [3.8, 4) is 0 Å². The Morgan fingerprint density at radius 3 is 2.50 bits per heavy atom. The monoisotopic (exact) mass is 218 g/mol. The molecule has 1 amide bonds. The van der Waals surface area contributed by atoms with Crippen LogP contribution in [0, 0.1) is 6.92 Å². The third-order valence-electron chi connectivity index (χ3n) is 2.91. The fraction of sp³-hybridized carbons (Fsp3) is 0.462. The highest BCUT2D eigenvalue weighted by Crippen LogP contribution is 2.20. The number of hydrogen-bond acceptors (Lipinski definition) is 2. The summed E-state index contributed by atoms with van der Waals surface area (Å²) in [7, 11) is 0. The lowest BCUT2D eigenvalue weighted by atomic mass is 9.95. The van der Waals surface area contributed by atoms with Crippen LogP contribution in [0.4, 0.5) is 0 Å². The van der Waals surface area contributed by atoms with Crippen LogP contribution >= 0.6 is 0 Å². The van der Waals surface area contributed by atoms with E-state index in [0.29, 0.717) is 6.54 Å². The van der Waals surface area contributed by atoms with E-state index in [-0.39, 0.29) is 17.5 Å². The number of benzene rings is 1. The minimum Gasteiger partial charge on any atom is -0.353 e. The summed E-state index contributed by atoms with van der Waals surface area (Å²) in [6.45, 7) is 6.90. The maximum atomic E-state index is 11.8. The van der Waals surface area contributed by atoms with E-state index in [0.717, 1.165) is 5.56 Å². The molecular formula is C13H18N2O. The quantitative estimate of drug-likeness (QED) is 0.750. The maximum absolute atomic E-state index is 11.8. The molecule has 0 bridgehead atoms. The molecule has 1 fully saturated rings. The molecule has 1 aliphatic heterocycles. The van der Waals surface area contributed by atoms with Gasteiger partial charge in [0.25, 0.3) is 0 Å². The third-order valence-corrected chi connectivity index (χ3v) is 2.91. The normalized spacial score (nSPS) is 23.9. The van der Waals surface area contributed by atoms with Gasteiger partial charge in [0.1, 0.15) is 6.04 Å². The summed E-state index contributed by atoms with van der Waals surface area (Å²) in [5.74, 6) is 0.0585. The second kappa shape index (κ2) is 3.91. The predicted octanol–water partition coefficient (Wildman–Crippen LogP) is 1.53. The zero-order valence-corrected chi connectivity index (χ0v) is 10.0. The number of amides is 1. The molecule has 2 rings (SSSR count). The van der Waals surface area contributed by atoms with Gasteiger partial charge in [-0.3, -0.25) is 10.1 Å². The third kappa shape index (κ3) is 2.25. The topological polar surface area (TPSA) is 41.1 Å². The molecule has 3 heteroatoms. The van der Waals surface area contributed by atoms with Gasteiger partial charge in [-0.1, -0.05) is 29.8 Å². The van der Waals surface area contributed by atoms with E-state index < -0.39 is 0 Å². The Morgan fingerprint density at radius 1 is 1.25 bits per heavy atom. The SMILES string of the molecule is Cc1ccc(C2NC(C)(C)CNC2=O)cc1. The number of rotatable bonds is 1. The maximum Gasteiger partial charge on any atom is 0.241 e. The summed E-state index contributed by atoms with van der Waals surface area (Å²) in [6.07, 6.45) is 0. The first kappa shape index (κ1) is 11.1. The molecule has 3 nitrogen and oxygen atoms in total. The highest BCUT2D eigenvalue weighted by Gasteiger charge is 2.33. The highest BCUT2D eigenvalue weighted by atomic mass is 16.2. The van der Waals surface area contributed by atoms with Gasteiger partial charge in [0.2, 0.25) is 5.91 Å². The fourth-order valence-corrected chi connectivity index (χ4v) is 1.91. The van der Waals surface area contributed by atoms with E-state index in [2.05, 4.69) is 24.5 Å². The van der Waals surface area contributed by atoms with E-state index in [1.807, 2.05) is 31.2 Å². The first-order chi connectivity index (χ1) is 7.48. The lowest BCUT2D eigenvalue weighted by Gasteiger charge is -2.37. The molecule has 1 saturated heterocycles. The molecule has 86 valence electrons. The van der Waals surface area contributed by atoms with Crippen molar-refractivity contribution in [1.82, 2.24) is 10.6 Å².